The number of benzene rings is 1. The van der Waals surface area contributed by atoms with Crippen LogP contribution in [0.25, 0.3) is 0 Å². The maximum Gasteiger partial charge on any atom is 0.471 e. The first-order chi connectivity index (χ1) is 6.39. The number of hydrogen-bond acceptors (Lipinski definition) is 2. The highest BCUT2D eigenvalue weighted by Gasteiger charge is 2.38. The lowest BCUT2D eigenvalue weighted by Gasteiger charge is -2.07. The minimum absolute atomic E-state index is 0.0693. The Morgan fingerprint density at radius 2 is 2.00 bits per heavy atom. The Labute approximate surface area is 83.5 Å². The predicted molar refractivity (Wildman–Crippen MR) is 48.4 cm³/mol. The van der Waals surface area contributed by atoms with Crippen LogP contribution in [0.15, 0.2) is 29.2 Å². The zero-order valence-electron chi connectivity index (χ0n) is 6.80. The highest BCUT2D eigenvalue weighted by Crippen LogP contribution is 2.19. The van der Waals surface area contributed by atoms with Gasteiger partial charge in [0.25, 0.3) is 0 Å². The van der Waals surface area contributed by atoms with Gasteiger partial charge >= 0.3 is 12.1 Å². The molecule has 0 saturated heterocycles. The van der Waals surface area contributed by atoms with Crippen molar-refractivity contribution in [2.75, 3.05) is 5.32 Å². The van der Waals surface area contributed by atoms with Crippen LogP contribution in [0.4, 0.5) is 18.9 Å². The van der Waals surface area contributed by atoms with Crippen LogP contribution in [0.5, 0.6) is 0 Å². The zero-order valence-corrected chi connectivity index (χ0v) is 7.69. The van der Waals surface area contributed by atoms with E-state index in [2.05, 4.69) is 12.6 Å². The van der Waals surface area contributed by atoms with Gasteiger partial charge in [0.15, 0.2) is 0 Å². The lowest BCUT2D eigenvalue weighted by atomic mass is 10.3. The number of amides is 1. The summed E-state index contributed by atoms with van der Waals surface area (Å²) in [7, 11) is 0. The number of alkyl halides is 3. The average molecular weight is 221 g/mol. The molecular formula is C8H6F3NOS. The number of thiol groups is 1. The number of hydrogen-bond donors (Lipinski definition) is 2. The number of halogens is 3. The predicted octanol–water partition coefficient (Wildman–Crippen LogP) is 2.48. The van der Waals surface area contributed by atoms with E-state index in [1.54, 1.807) is 11.4 Å². The molecule has 0 unspecified atom stereocenters. The minimum atomic E-state index is -4.87. The second-order valence-corrected chi connectivity index (χ2v) is 3.02. The van der Waals surface area contributed by atoms with E-state index < -0.39 is 12.1 Å². The maximum atomic E-state index is 11.8. The van der Waals surface area contributed by atoms with Crippen molar-refractivity contribution in [2.24, 2.45) is 0 Å². The SMILES string of the molecule is O=C(Nc1cccc(S)c1)C(F)(F)F. The van der Waals surface area contributed by atoms with E-state index in [4.69, 9.17) is 0 Å². The molecule has 1 aromatic carbocycles. The fourth-order valence-corrected chi connectivity index (χ4v) is 1.01. The molecule has 0 heterocycles. The molecule has 0 aliphatic carbocycles. The van der Waals surface area contributed by atoms with Crippen LogP contribution in [0.2, 0.25) is 0 Å². The van der Waals surface area contributed by atoms with Gasteiger partial charge in [-0.2, -0.15) is 13.2 Å². The van der Waals surface area contributed by atoms with Crippen LogP contribution in [0.3, 0.4) is 0 Å². The zero-order chi connectivity index (χ0) is 10.8. The Kier molecular flexibility index (Phi) is 3.05. The number of carbonyl (C=O) groups is 1. The summed E-state index contributed by atoms with van der Waals surface area (Å²) in [5, 5.41) is 1.71. The van der Waals surface area contributed by atoms with Crippen LogP contribution in [-0.2, 0) is 4.79 Å². The molecule has 6 heteroatoms. The van der Waals surface area contributed by atoms with Gasteiger partial charge in [0.2, 0.25) is 0 Å². The Morgan fingerprint density at radius 3 is 2.50 bits per heavy atom. The summed E-state index contributed by atoms with van der Waals surface area (Å²) in [5.41, 5.74) is 0.0693. The van der Waals surface area contributed by atoms with Crippen LogP contribution < -0.4 is 5.32 Å². The highest BCUT2D eigenvalue weighted by molar-refractivity contribution is 7.80. The molecule has 0 aromatic heterocycles. The molecule has 1 amide bonds. The summed E-state index contributed by atoms with van der Waals surface area (Å²) >= 11 is 3.92. The lowest BCUT2D eigenvalue weighted by molar-refractivity contribution is -0.167. The molecule has 76 valence electrons. The summed E-state index contributed by atoms with van der Waals surface area (Å²) < 4.78 is 35.4. The van der Waals surface area contributed by atoms with Crippen LogP contribution >= 0.6 is 12.6 Å². The van der Waals surface area contributed by atoms with Crippen LogP contribution in [-0.4, -0.2) is 12.1 Å². The summed E-state index contributed by atoms with van der Waals surface area (Å²) in [4.78, 5) is 11.0. The molecule has 0 atom stereocenters. The molecule has 0 saturated carbocycles. The van der Waals surface area contributed by atoms with Gasteiger partial charge in [-0.15, -0.1) is 12.6 Å². The molecule has 14 heavy (non-hydrogen) atoms. The van der Waals surface area contributed by atoms with Gasteiger partial charge in [0, 0.05) is 10.6 Å². The van der Waals surface area contributed by atoms with Gasteiger partial charge in [-0.05, 0) is 18.2 Å². The van der Waals surface area contributed by atoms with E-state index in [9.17, 15) is 18.0 Å². The molecule has 0 aliphatic rings. The second-order valence-electron chi connectivity index (χ2n) is 2.50. The highest BCUT2D eigenvalue weighted by atomic mass is 32.1. The third-order valence-corrected chi connectivity index (χ3v) is 1.64. The lowest BCUT2D eigenvalue weighted by Crippen LogP contribution is -2.29. The van der Waals surface area contributed by atoms with Gasteiger partial charge in [-0.1, -0.05) is 6.07 Å². The third kappa shape index (κ3) is 2.95. The standard InChI is InChI=1S/C8H6F3NOS/c9-8(10,11)7(13)12-5-2-1-3-6(14)4-5/h1-4,14H,(H,12,13). The van der Waals surface area contributed by atoms with Gasteiger partial charge in [0.05, 0.1) is 0 Å². The molecule has 0 radical (unpaired) electrons. The summed E-state index contributed by atoms with van der Waals surface area (Å²) in [5.74, 6) is -1.99. The summed E-state index contributed by atoms with van der Waals surface area (Å²) in [6.45, 7) is 0. The van der Waals surface area contributed by atoms with Crippen molar-refractivity contribution in [1.82, 2.24) is 0 Å². The van der Waals surface area contributed by atoms with Crippen molar-refractivity contribution in [3.63, 3.8) is 0 Å². The van der Waals surface area contributed by atoms with E-state index in [0.717, 1.165) is 0 Å². The molecular weight excluding hydrogens is 215 g/mol. The largest absolute Gasteiger partial charge is 0.471 e. The number of carbonyl (C=O) groups excluding carboxylic acids is 1. The Balaban J connectivity index is 2.75. The van der Waals surface area contributed by atoms with Gasteiger partial charge in [-0.3, -0.25) is 4.79 Å². The van der Waals surface area contributed by atoms with Crippen molar-refractivity contribution < 1.29 is 18.0 Å². The van der Waals surface area contributed by atoms with E-state index >= 15 is 0 Å². The Morgan fingerprint density at radius 1 is 1.36 bits per heavy atom. The second kappa shape index (κ2) is 3.91. The van der Waals surface area contributed by atoms with Gasteiger partial charge in [0.1, 0.15) is 0 Å². The monoisotopic (exact) mass is 221 g/mol. The van der Waals surface area contributed by atoms with Gasteiger partial charge < -0.3 is 5.32 Å². The topological polar surface area (TPSA) is 29.1 Å². The minimum Gasteiger partial charge on any atom is -0.318 e. The number of rotatable bonds is 1. The number of nitrogens with one attached hydrogen (secondary N) is 1. The van der Waals surface area contributed by atoms with Crippen LogP contribution in [0, 0.1) is 0 Å². The molecule has 0 spiro atoms. The van der Waals surface area contributed by atoms with Gasteiger partial charge in [-0.25, -0.2) is 0 Å². The van der Waals surface area contributed by atoms with E-state index in [1.807, 2.05) is 0 Å². The average Bonchev–Trinajstić information content (AvgIpc) is 2.02. The first-order valence-electron chi connectivity index (χ1n) is 3.57. The molecule has 1 rings (SSSR count). The summed E-state index contributed by atoms with van der Waals surface area (Å²) in [6, 6.07) is 5.76. The van der Waals surface area contributed by atoms with E-state index in [-0.39, 0.29) is 5.69 Å². The molecule has 1 N–H and O–H groups in total. The van der Waals surface area contributed by atoms with Crippen LogP contribution in [0.1, 0.15) is 0 Å². The van der Waals surface area contributed by atoms with Crippen molar-refractivity contribution in [3.05, 3.63) is 24.3 Å². The first kappa shape index (κ1) is 10.9. The first-order valence-corrected chi connectivity index (χ1v) is 4.01. The Hall–Kier alpha value is -1.17. The third-order valence-electron chi connectivity index (χ3n) is 1.36. The Bertz CT molecular complexity index is 351. The van der Waals surface area contributed by atoms with Crippen molar-refractivity contribution in [3.8, 4) is 0 Å². The fraction of sp³-hybridized carbons (Fsp3) is 0.125. The van der Waals surface area contributed by atoms with Crippen molar-refractivity contribution in [2.45, 2.75) is 11.1 Å². The molecule has 2 nitrogen and oxygen atoms in total. The summed E-state index contributed by atoms with van der Waals surface area (Å²) in [6.07, 6.45) is -4.87. The van der Waals surface area contributed by atoms with E-state index in [1.165, 1.54) is 18.2 Å². The van der Waals surface area contributed by atoms with Crippen molar-refractivity contribution >= 4 is 24.2 Å². The quantitative estimate of drug-likeness (QED) is 0.701. The van der Waals surface area contributed by atoms with Crippen molar-refractivity contribution in [1.29, 1.82) is 0 Å². The fourth-order valence-electron chi connectivity index (χ4n) is 0.786. The molecule has 1 aromatic rings. The molecule has 0 fully saturated rings. The maximum absolute atomic E-state index is 11.8. The van der Waals surface area contributed by atoms with E-state index in [0.29, 0.717) is 4.90 Å². The molecule has 0 aliphatic heterocycles. The molecule has 0 bridgehead atoms. The normalized spacial score (nSPS) is 11.1. The smallest absolute Gasteiger partial charge is 0.318 e. The number of anilines is 1.